The Balaban J connectivity index is 2.18. The van der Waals surface area contributed by atoms with Crippen LogP contribution in [0.2, 0.25) is 0 Å². The van der Waals surface area contributed by atoms with Crippen molar-refractivity contribution in [2.24, 2.45) is 11.8 Å². The van der Waals surface area contributed by atoms with Crippen LogP contribution in [0.3, 0.4) is 0 Å². The second-order valence-corrected chi connectivity index (χ2v) is 6.12. The monoisotopic (exact) mass is 295 g/mol. The van der Waals surface area contributed by atoms with Crippen LogP contribution in [0.5, 0.6) is 0 Å². The summed E-state index contributed by atoms with van der Waals surface area (Å²) >= 11 is 3.51. The molecular formula is C15H22BrN. The van der Waals surface area contributed by atoms with Crippen LogP contribution in [-0.2, 0) is 0 Å². The third-order valence-corrected chi connectivity index (χ3v) is 4.74. The Bertz CT molecular complexity index is 346. The van der Waals surface area contributed by atoms with Crippen molar-refractivity contribution in [3.63, 3.8) is 0 Å². The number of piperidine rings is 1. The topological polar surface area (TPSA) is 12.0 Å². The predicted molar refractivity (Wildman–Crippen MR) is 77.3 cm³/mol. The van der Waals surface area contributed by atoms with Gasteiger partial charge in [0.15, 0.2) is 0 Å². The zero-order valence-electron chi connectivity index (χ0n) is 10.7. The Morgan fingerprint density at radius 1 is 1.35 bits per heavy atom. The highest BCUT2D eigenvalue weighted by atomic mass is 79.9. The first-order valence-electron chi connectivity index (χ1n) is 6.68. The van der Waals surface area contributed by atoms with Crippen LogP contribution in [-0.4, -0.2) is 13.1 Å². The van der Waals surface area contributed by atoms with Crippen LogP contribution >= 0.6 is 15.9 Å². The van der Waals surface area contributed by atoms with E-state index in [4.69, 9.17) is 0 Å². The zero-order chi connectivity index (χ0) is 12.3. The van der Waals surface area contributed by atoms with Gasteiger partial charge < -0.3 is 5.32 Å². The van der Waals surface area contributed by atoms with E-state index < -0.39 is 0 Å². The minimum atomic E-state index is 0.687. The molecule has 1 aromatic rings. The van der Waals surface area contributed by atoms with Gasteiger partial charge in [-0.05, 0) is 48.4 Å². The zero-order valence-corrected chi connectivity index (χ0v) is 12.3. The number of hydrogen-bond acceptors (Lipinski definition) is 1. The average molecular weight is 296 g/mol. The average Bonchev–Trinajstić information content (AvgIpc) is 2.39. The molecule has 3 unspecified atom stereocenters. The second-order valence-electron chi connectivity index (χ2n) is 5.20. The summed E-state index contributed by atoms with van der Waals surface area (Å²) in [5.41, 5.74) is 1.49. The number of rotatable bonds is 3. The van der Waals surface area contributed by atoms with Crippen LogP contribution < -0.4 is 5.32 Å². The second kappa shape index (κ2) is 6.01. The predicted octanol–water partition coefficient (Wildman–Crippen LogP) is 4.19. The van der Waals surface area contributed by atoms with Crippen LogP contribution in [0.15, 0.2) is 28.7 Å². The minimum Gasteiger partial charge on any atom is -0.316 e. The van der Waals surface area contributed by atoms with Gasteiger partial charge in [0.25, 0.3) is 0 Å². The van der Waals surface area contributed by atoms with E-state index >= 15 is 0 Å². The molecule has 2 rings (SSSR count). The molecule has 0 aromatic heterocycles. The van der Waals surface area contributed by atoms with E-state index in [2.05, 4.69) is 59.4 Å². The van der Waals surface area contributed by atoms with Crippen LogP contribution in [0.4, 0.5) is 0 Å². The Kier molecular flexibility index (Phi) is 4.63. The molecule has 0 saturated carbocycles. The third-order valence-electron chi connectivity index (χ3n) is 4.21. The summed E-state index contributed by atoms with van der Waals surface area (Å²) in [7, 11) is 0. The SMILES string of the molecule is CCC(C)C1CCNCC1c1ccc(Br)cc1. The molecule has 1 aliphatic rings. The molecule has 0 aliphatic carbocycles. The maximum atomic E-state index is 3.55. The molecule has 3 atom stereocenters. The Morgan fingerprint density at radius 3 is 2.71 bits per heavy atom. The highest BCUT2D eigenvalue weighted by Crippen LogP contribution is 2.36. The van der Waals surface area contributed by atoms with E-state index in [0.29, 0.717) is 5.92 Å². The maximum absolute atomic E-state index is 3.55. The summed E-state index contributed by atoms with van der Waals surface area (Å²) in [4.78, 5) is 0. The molecule has 2 heteroatoms. The summed E-state index contributed by atoms with van der Waals surface area (Å²) in [6.07, 6.45) is 2.60. The molecule has 1 fully saturated rings. The molecule has 0 bridgehead atoms. The van der Waals surface area contributed by atoms with Gasteiger partial charge in [0.2, 0.25) is 0 Å². The van der Waals surface area contributed by atoms with Crippen molar-refractivity contribution in [1.82, 2.24) is 5.32 Å². The van der Waals surface area contributed by atoms with Crippen molar-refractivity contribution in [3.8, 4) is 0 Å². The van der Waals surface area contributed by atoms with Crippen molar-refractivity contribution in [2.75, 3.05) is 13.1 Å². The van der Waals surface area contributed by atoms with Crippen molar-refractivity contribution < 1.29 is 0 Å². The largest absolute Gasteiger partial charge is 0.316 e. The highest BCUT2D eigenvalue weighted by molar-refractivity contribution is 9.10. The van der Waals surface area contributed by atoms with Crippen LogP contribution in [0.25, 0.3) is 0 Å². The first kappa shape index (κ1) is 13.1. The van der Waals surface area contributed by atoms with Gasteiger partial charge in [-0.3, -0.25) is 0 Å². The van der Waals surface area contributed by atoms with Crippen LogP contribution in [0, 0.1) is 11.8 Å². The van der Waals surface area contributed by atoms with Gasteiger partial charge in [0.1, 0.15) is 0 Å². The fourth-order valence-corrected chi connectivity index (χ4v) is 3.20. The van der Waals surface area contributed by atoms with E-state index in [9.17, 15) is 0 Å². The van der Waals surface area contributed by atoms with Gasteiger partial charge in [0.05, 0.1) is 0 Å². The summed E-state index contributed by atoms with van der Waals surface area (Å²) < 4.78 is 1.17. The fraction of sp³-hybridized carbons (Fsp3) is 0.600. The van der Waals surface area contributed by atoms with E-state index in [-0.39, 0.29) is 0 Å². The third kappa shape index (κ3) is 3.11. The minimum absolute atomic E-state index is 0.687. The van der Waals surface area contributed by atoms with Crippen molar-refractivity contribution >= 4 is 15.9 Å². The lowest BCUT2D eigenvalue weighted by atomic mass is 9.74. The van der Waals surface area contributed by atoms with Gasteiger partial charge in [-0.15, -0.1) is 0 Å². The van der Waals surface area contributed by atoms with E-state index in [0.717, 1.165) is 18.4 Å². The van der Waals surface area contributed by atoms with Crippen molar-refractivity contribution in [2.45, 2.75) is 32.6 Å². The van der Waals surface area contributed by atoms with Gasteiger partial charge in [-0.1, -0.05) is 48.3 Å². The lowest BCUT2D eigenvalue weighted by Crippen LogP contribution is -2.37. The molecule has 1 saturated heterocycles. The number of nitrogens with one attached hydrogen (secondary N) is 1. The Hall–Kier alpha value is -0.340. The quantitative estimate of drug-likeness (QED) is 0.882. The van der Waals surface area contributed by atoms with E-state index in [1.807, 2.05) is 0 Å². The van der Waals surface area contributed by atoms with Crippen molar-refractivity contribution in [1.29, 1.82) is 0 Å². The van der Waals surface area contributed by atoms with Crippen LogP contribution in [0.1, 0.15) is 38.2 Å². The summed E-state index contributed by atoms with van der Waals surface area (Å²) in [5, 5.41) is 3.55. The van der Waals surface area contributed by atoms with E-state index in [1.54, 1.807) is 0 Å². The first-order valence-corrected chi connectivity index (χ1v) is 7.47. The highest BCUT2D eigenvalue weighted by Gasteiger charge is 2.29. The molecule has 1 N–H and O–H groups in total. The fourth-order valence-electron chi connectivity index (χ4n) is 2.94. The Morgan fingerprint density at radius 2 is 2.06 bits per heavy atom. The number of hydrogen-bond donors (Lipinski definition) is 1. The molecule has 1 aromatic carbocycles. The number of benzene rings is 1. The molecule has 0 amide bonds. The van der Waals surface area contributed by atoms with Crippen molar-refractivity contribution in [3.05, 3.63) is 34.3 Å². The standard InChI is InChI=1S/C15H22BrN/c1-3-11(2)14-8-9-17-10-15(14)12-4-6-13(16)7-5-12/h4-7,11,14-15,17H,3,8-10H2,1-2H3. The molecule has 17 heavy (non-hydrogen) atoms. The lowest BCUT2D eigenvalue weighted by molar-refractivity contribution is 0.233. The van der Waals surface area contributed by atoms with E-state index in [1.165, 1.54) is 29.4 Å². The normalized spacial score (nSPS) is 26.8. The first-order chi connectivity index (χ1) is 8.22. The summed E-state index contributed by atoms with van der Waals surface area (Å²) in [5.74, 6) is 2.35. The van der Waals surface area contributed by atoms with Gasteiger partial charge in [-0.2, -0.15) is 0 Å². The lowest BCUT2D eigenvalue weighted by Gasteiger charge is -2.36. The maximum Gasteiger partial charge on any atom is 0.0175 e. The molecule has 1 nitrogen and oxygen atoms in total. The van der Waals surface area contributed by atoms with Gasteiger partial charge >= 0.3 is 0 Å². The van der Waals surface area contributed by atoms with Gasteiger partial charge in [0, 0.05) is 11.0 Å². The summed E-state index contributed by atoms with van der Waals surface area (Å²) in [6.45, 7) is 7.03. The Labute approximate surface area is 113 Å². The molecule has 1 aliphatic heterocycles. The van der Waals surface area contributed by atoms with Gasteiger partial charge in [-0.25, -0.2) is 0 Å². The summed E-state index contributed by atoms with van der Waals surface area (Å²) in [6, 6.07) is 8.88. The molecule has 0 spiro atoms. The number of halogens is 1. The molecule has 1 heterocycles. The molecule has 94 valence electrons. The molecular weight excluding hydrogens is 274 g/mol. The molecule has 0 radical (unpaired) electrons. The smallest absolute Gasteiger partial charge is 0.0175 e.